The first kappa shape index (κ1) is 18.9. The number of nitrogens with one attached hydrogen (secondary N) is 1. The summed E-state index contributed by atoms with van der Waals surface area (Å²) in [7, 11) is 0. The maximum atomic E-state index is 12.6. The predicted octanol–water partition coefficient (Wildman–Crippen LogP) is 2.43. The van der Waals surface area contributed by atoms with Gasteiger partial charge in [0, 0.05) is 6.04 Å². The molecule has 8 heteroatoms. The molecular formula is C19H22N2O6. The highest BCUT2D eigenvalue weighted by atomic mass is 16.7. The molecule has 8 nitrogen and oxygen atoms in total. The lowest BCUT2D eigenvalue weighted by molar-refractivity contribution is -0.174. The van der Waals surface area contributed by atoms with Gasteiger partial charge >= 0.3 is 12.1 Å². The van der Waals surface area contributed by atoms with Gasteiger partial charge in [-0.3, -0.25) is 9.59 Å². The third kappa shape index (κ3) is 3.94. The van der Waals surface area contributed by atoms with Gasteiger partial charge in [-0.15, -0.1) is 0 Å². The molecular weight excluding hydrogens is 352 g/mol. The standard InChI is InChI=1S/C19H22N2O6/c1-19(2,3)26-18(25)20-14-10-6-9-13(14)17(24)27-21-15(22)11-7-4-5-8-12(11)16(21)23/h4-5,7-8,13-14H,6,9-10H2,1-3H3,(H,20,25)/t13-,14+/m0/s1. The number of rotatable bonds is 3. The number of imide groups is 1. The van der Waals surface area contributed by atoms with Gasteiger partial charge < -0.3 is 14.9 Å². The van der Waals surface area contributed by atoms with Crippen LogP contribution in [0.2, 0.25) is 0 Å². The molecule has 2 aliphatic rings. The molecule has 1 N–H and O–H groups in total. The van der Waals surface area contributed by atoms with Gasteiger partial charge in [-0.1, -0.05) is 23.6 Å². The van der Waals surface area contributed by atoms with E-state index in [9.17, 15) is 19.2 Å². The smallest absolute Gasteiger partial charge is 0.407 e. The second kappa shape index (κ2) is 7.02. The van der Waals surface area contributed by atoms with Crippen molar-refractivity contribution < 1.29 is 28.8 Å². The summed E-state index contributed by atoms with van der Waals surface area (Å²) < 4.78 is 5.22. The number of carbonyl (C=O) groups excluding carboxylic acids is 4. The van der Waals surface area contributed by atoms with Crippen molar-refractivity contribution in [2.45, 2.75) is 51.7 Å². The summed E-state index contributed by atoms with van der Waals surface area (Å²) in [6.07, 6.45) is 1.17. The summed E-state index contributed by atoms with van der Waals surface area (Å²) in [5.41, 5.74) is -0.255. The molecule has 3 amide bonds. The van der Waals surface area contributed by atoms with Crippen LogP contribution in [0.3, 0.4) is 0 Å². The van der Waals surface area contributed by atoms with Crippen molar-refractivity contribution in [3.05, 3.63) is 35.4 Å². The summed E-state index contributed by atoms with van der Waals surface area (Å²) in [5, 5.41) is 3.18. The van der Waals surface area contributed by atoms with Crippen LogP contribution in [0, 0.1) is 5.92 Å². The molecule has 0 radical (unpaired) electrons. The van der Waals surface area contributed by atoms with E-state index in [1.807, 2.05) is 0 Å². The fraction of sp³-hybridized carbons (Fsp3) is 0.474. The second-order valence-corrected chi connectivity index (χ2v) is 7.65. The van der Waals surface area contributed by atoms with Crippen molar-refractivity contribution in [1.82, 2.24) is 10.4 Å². The summed E-state index contributed by atoms with van der Waals surface area (Å²) in [5.74, 6) is -2.71. The van der Waals surface area contributed by atoms with Crippen LogP contribution in [0.5, 0.6) is 0 Å². The first-order chi connectivity index (χ1) is 12.7. The Morgan fingerprint density at radius 1 is 1.07 bits per heavy atom. The third-order valence-electron chi connectivity index (χ3n) is 4.46. The fourth-order valence-corrected chi connectivity index (χ4v) is 3.28. The molecule has 0 spiro atoms. The van der Waals surface area contributed by atoms with Gasteiger partial charge in [0.25, 0.3) is 11.8 Å². The first-order valence-electron chi connectivity index (χ1n) is 8.86. The van der Waals surface area contributed by atoms with Gasteiger partial charge in [-0.25, -0.2) is 9.59 Å². The van der Waals surface area contributed by atoms with E-state index in [2.05, 4.69) is 5.32 Å². The molecule has 1 aliphatic carbocycles. The van der Waals surface area contributed by atoms with Crippen LogP contribution in [0.4, 0.5) is 4.79 Å². The number of fused-ring (bicyclic) bond motifs is 1. The van der Waals surface area contributed by atoms with Crippen LogP contribution in [0.25, 0.3) is 0 Å². The quantitative estimate of drug-likeness (QED) is 0.816. The van der Waals surface area contributed by atoms with E-state index in [-0.39, 0.29) is 11.1 Å². The maximum absolute atomic E-state index is 12.6. The lowest BCUT2D eigenvalue weighted by atomic mass is 10.0. The molecule has 0 bridgehead atoms. The number of benzene rings is 1. The second-order valence-electron chi connectivity index (χ2n) is 7.65. The topological polar surface area (TPSA) is 102 Å². The Hall–Kier alpha value is -2.90. The van der Waals surface area contributed by atoms with Crippen LogP contribution >= 0.6 is 0 Å². The van der Waals surface area contributed by atoms with Crippen LogP contribution in [0.1, 0.15) is 60.7 Å². The number of carbonyl (C=O) groups is 4. The van der Waals surface area contributed by atoms with Gasteiger partial charge in [0.2, 0.25) is 0 Å². The van der Waals surface area contributed by atoms with E-state index in [0.717, 1.165) is 0 Å². The van der Waals surface area contributed by atoms with Crippen molar-refractivity contribution in [3.8, 4) is 0 Å². The zero-order chi connectivity index (χ0) is 19.8. The van der Waals surface area contributed by atoms with Crippen molar-refractivity contribution >= 4 is 23.9 Å². The molecule has 144 valence electrons. The van der Waals surface area contributed by atoms with Crippen LogP contribution in [-0.4, -0.2) is 40.6 Å². The van der Waals surface area contributed by atoms with Gasteiger partial charge in [-0.05, 0) is 45.7 Å². The average Bonchev–Trinajstić information content (AvgIpc) is 3.12. The van der Waals surface area contributed by atoms with E-state index in [1.54, 1.807) is 32.9 Å². The van der Waals surface area contributed by atoms with E-state index in [0.29, 0.717) is 24.3 Å². The van der Waals surface area contributed by atoms with E-state index in [1.165, 1.54) is 12.1 Å². The molecule has 1 saturated carbocycles. The first-order valence-corrected chi connectivity index (χ1v) is 8.86. The summed E-state index contributed by atoms with van der Waals surface area (Å²) in [6, 6.07) is 5.81. The summed E-state index contributed by atoms with van der Waals surface area (Å²) >= 11 is 0. The maximum Gasteiger partial charge on any atom is 0.407 e. The van der Waals surface area contributed by atoms with Gasteiger partial charge in [-0.2, -0.15) is 0 Å². The summed E-state index contributed by atoms with van der Waals surface area (Å²) in [4.78, 5) is 54.3. The number of alkyl carbamates (subject to hydrolysis) is 1. The zero-order valence-corrected chi connectivity index (χ0v) is 15.5. The minimum absolute atomic E-state index is 0.199. The predicted molar refractivity (Wildman–Crippen MR) is 93.5 cm³/mol. The number of hydrogen-bond donors (Lipinski definition) is 1. The number of ether oxygens (including phenoxy) is 1. The number of hydrogen-bond acceptors (Lipinski definition) is 6. The fourth-order valence-electron chi connectivity index (χ4n) is 3.28. The molecule has 27 heavy (non-hydrogen) atoms. The van der Waals surface area contributed by atoms with Gasteiger partial charge in [0.1, 0.15) is 5.60 Å². The van der Waals surface area contributed by atoms with Crippen molar-refractivity contribution in [2.24, 2.45) is 5.92 Å². The highest BCUT2D eigenvalue weighted by molar-refractivity contribution is 6.20. The molecule has 1 aromatic carbocycles. The van der Waals surface area contributed by atoms with Crippen LogP contribution in [-0.2, 0) is 14.4 Å². The Kier molecular flexibility index (Phi) is 4.91. The van der Waals surface area contributed by atoms with Gasteiger partial charge in [0.15, 0.2) is 0 Å². The number of amides is 3. The zero-order valence-electron chi connectivity index (χ0n) is 15.5. The molecule has 2 atom stereocenters. The minimum Gasteiger partial charge on any atom is -0.444 e. The van der Waals surface area contributed by atoms with Crippen molar-refractivity contribution in [3.63, 3.8) is 0 Å². The van der Waals surface area contributed by atoms with Crippen molar-refractivity contribution in [1.29, 1.82) is 0 Å². The van der Waals surface area contributed by atoms with Crippen LogP contribution < -0.4 is 5.32 Å². The highest BCUT2D eigenvalue weighted by Gasteiger charge is 2.42. The number of hydroxylamine groups is 2. The summed E-state index contributed by atoms with van der Waals surface area (Å²) in [6.45, 7) is 5.24. The third-order valence-corrected chi connectivity index (χ3v) is 4.46. The minimum atomic E-state index is -0.719. The van der Waals surface area contributed by atoms with E-state index >= 15 is 0 Å². The van der Waals surface area contributed by atoms with Gasteiger partial charge in [0.05, 0.1) is 17.0 Å². The Bertz CT molecular complexity index is 763. The lowest BCUT2D eigenvalue weighted by Gasteiger charge is -2.24. The van der Waals surface area contributed by atoms with E-state index < -0.39 is 41.4 Å². The molecule has 1 aliphatic heterocycles. The molecule has 0 aromatic heterocycles. The number of nitrogens with zero attached hydrogens (tertiary/aromatic N) is 1. The molecule has 1 fully saturated rings. The normalized spacial score (nSPS) is 21.8. The molecule has 0 unspecified atom stereocenters. The van der Waals surface area contributed by atoms with E-state index in [4.69, 9.17) is 9.57 Å². The SMILES string of the molecule is CC(C)(C)OC(=O)N[C@@H]1CCC[C@@H]1C(=O)ON1C(=O)c2ccccc2C1=O. The lowest BCUT2D eigenvalue weighted by Crippen LogP contribution is -2.45. The van der Waals surface area contributed by atoms with Crippen molar-refractivity contribution in [2.75, 3.05) is 0 Å². The Labute approximate surface area is 156 Å². The monoisotopic (exact) mass is 374 g/mol. The highest BCUT2D eigenvalue weighted by Crippen LogP contribution is 2.29. The molecule has 0 saturated heterocycles. The Balaban J connectivity index is 1.65. The Morgan fingerprint density at radius 2 is 1.67 bits per heavy atom. The Morgan fingerprint density at radius 3 is 2.22 bits per heavy atom. The molecule has 3 rings (SSSR count). The average molecular weight is 374 g/mol. The molecule has 1 heterocycles. The largest absolute Gasteiger partial charge is 0.444 e. The molecule has 1 aromatic rings. The van der Waals surface area contributed by atoms with Crippen LogP contribution in [0.15, 0.2) is 24.3 Å².